The molecule has 16 heavy (non-hydrogen) atoms. The molecule has 0 aromatic rings. The first-order valence-corrected chi connectivity index (χ1v) is 4.66. The number of aliphatic hydroxyl groups is 8. The van der Waals surface area contributed by atoms with E-state index in [9.17, 15) is 20.4 Å². The van der Waals surface area contributed by atoms with Gasteiger partial charge in [0, 0.05) is 0 Å². The molecular weight excluding hydrogens is 224 g/mol. The molecule has 0 aromatic heterocycles. The second kappa shape index (κ2) is 7.09. The van der Waals surface area contributed by atoms with E-state index in [2.05, 4.69) is 0 Å². The average Bonchev–Trinajstić information content (AvgIpc) is 2.32. The number of aliphatic hydroxyl groups excluding tert-OH is 8. The third-order valence-corrected chi connectivity index (χ3v) is 2.21. The highest BCUT2D eigenvalue weighted by Gasteiger charge is 2.36. The van der Waals surface area contributed by atoms with Crippen molar-refractivity contribution >= 4 is 0 Å². The Morgan fingerprint density at radius 2 is 0.750 bits per heavy atom. The Labute approximate surface area is 91.6 Å². The summed E-state index contributed by atoms with van der Waals surface area (Å²) in [4.78, 5) is 0. The highest BCUT2D eigenvalue weighted by Crippen LogP contribution is 2.10. The lowest BCUT2D eigenvalue weighted by atomic mass is 9.97. The Bertz CT molecular complexity index is 169. The summed E-state index contributed by atoms with van der Waals surface area (Å²) in [5, 5.41) is 71.8. The summed E-state index contributed by atoms with van der Waals surface area (Å²) in [5.74, 6) is 0. The first kappa shape index (κ1) is 15.7. The van der Waals surface area contributed by atoms with Crippen molar-refractivity contribution in [2.24, 2.45) is 0 Å². The van der Waals surface area contributed by atoms with Gasteiger partial charge in [0.15, 0.2) is 0 Å². The number of hydrogen-bond acceptors (Lipinski definition) is 8. The summed E-state index contributed by atoms with van der Waals surface area (Å²) < 4.78 is 0. The van der Waals surface area contributed by atoms with Gasteiger partial charge in [-0.3, -0.25) is 0 Å². The van der Waals surface area contributed by atoms with Crippen LogP contribution in [0.4, 0.5) is 0 Å². The van der Waals surface area contributed by atoms with Gasteiger partial charge in [-0.2, -0.15) is 0 Å². The van der Waals surface area contributed by atoms with Crippen LogP contribution in [0.15, 0.2) is 0 Å². The molecular formula is C8H18O8. The molecule has 98 valence electrons. The fourth-order valence-corrected chi connectivity index (χ4v) is 1.08. The van der Waals surface area contributed by atoms with Crippen LogP contribution in [0.2, 0.25) is 0 Å². The normalized spacial score (nSPS) is 23.2. The van der Waals surface area contributed by atoms with Crippen molar-refractivity contribution in [1.29, 1.82) is 0 Å². The third-order valence-electron chi connectivity index (χ3n) is 2.21. The maximum Gasteiger partial charge on any atom is 0.111 e. The van der Waals surface area contributed by atoms with Crippen molar-refractivity contribution in [3.63, 3.8) is 0 Å². The Hall–Kier alpha value is -0.320. The van der Waals surface area contributed by atoms with E-state index in [1.165, 1.54) is 0 Å². The monoisotopic (exact) mass is 242 g/mol. The van der Waals surface area contributed by atoms with E-state index in [1.54, 1.807) is 0 Å². The highest BCUT2D eigenvalue weighted by molar-refractivity contribution is 4.87. The lowest BCUT2D eigenvalue weighted by Gasteiger charge is -2.29. The summed E-state index contributed by atoms with van der Waals surface area (Å²) in [6.45, 7) is -1.69. The molecule has 8 N–H and O–H groups in total. The van der Waals surface area contributed by atoms with E-state index in [4.69, 9.17) is 20.4 Å². The zero-order valence-corrected chi connectivity index (χ0v) is 8.46. The van der Waals surface area contributed by atoms with Gasteiger partial charge >= 0.3 is 0 Å². The van der Waals surface area contributed by atoms with Crippen molar-refractivity contribution in [1.82, 2.24) is 0 Å². The van der Waals surface area contributed by atoms with Gasteiger partial charge in [0.25, 0.3) is 0 Å². The molecule has 8 nitrogen and oxygen atoms in total. The quantitative estimate of drug-likeness (QED) is 0.220. The Morgan fingerprint density at radius 3 is 0.938 bits per heavy atom. The molecule has 0 saturated heterocycles. The molecule has 0 rings (SSSR count). The molecule has 8 heteroatoms. The molecule has 0 radical (unpaired) electrons. The first-order chi connectivity index (χ1) is 7.36. The third kappa shape index (κ3) is 3.92. The summed E-state index contributed by atoms with van der Waals surface area (Å²) in [6.07, 6.45) is -11.1. The Morgan fingerprint density at radius 1 is 0.500 bits per heavy atom. The van der Waals surface area contributed by atoms with E-state index < -0.39 is 49.8 Å². The van der Waals surface area contributed by atoms with Crippen LogP contribution in [0.1, 0.15) is 0 Å². The van der Waals surface area contributed by atoms with Crippen LogP contribution in [0.5, 0.6) is 0 Å². The molecule has 0 bridgehead atoms. The molecule has 0 fully saturated rings. The number of rotatable bonds is 7. The fraction of sp³-hybridized carbons (Fsp3) is 1.00. The minimum atomic E-state index is -1.97. The molecule has 0 aliphatic heterocycles. The van der Waals surface area contributed by atoms with Crippen LogP contribution < -0.4 is 0 Å². The lowest BCUT2D eigenvalue weighted by Crippen LogP contribution is -2.53. The average molecular weight is 242 g/mol. The second-order valence-electron chi connectivity index (χ2n) is 3.46. The summed E-state index contributed by atoms with van der Waals surface area (Å²) >= 11 is 0. The molecule has 0 saturated carbocycles. The maximum absolute atomic E-state index is 9.28. The molecule has 0 heterocycles. The van der Waals surface area contributed by atoms with E-state index in [0.717, 1.165) is 0 Å². The zero-order valence-electron chi connectivity index (χ0n) is 8.46. The van der Waals surface area contributed by atoms with Crippen LogP contribution in [-0.2, 0) is 0 Å². The van der Waals surface area contributed by atoms with Crippen LogP contribution in [-0.4, -0.2) is 90.7 Å². The molecule has 0 aliphatic carbocycles. The minimum Gasteiger partial charge on any atom is -0.394 e. The van der Waals surface area contributed by atoms with E-state index in [1.807, 2.05) is 0 Å². The largest absolute Gasteiger partial charge is 0.394 e. The predicted molar refractivity (Wildman–Crippen MR) is 50.2 cm³/mol. The van der Waals surface area contributed by atoms with Gasteiger partial charge in [0.05, 0.1) is 13.2 Å². The zero-order chi connectivity index (χ0) is 12.9. The summed E-state index contributed by atoms with van der Waals surface area (Å²) in [5.41, 5.74) is 0. The molecule has 0 aromatic carbocycles. The van der Waals surface area contributed by atoms with Gasteiger partial charge in [-0.05, 0) is 0 Å². The first-order valence-electron chi connectivity index (χ1n) is 4.66. The lowest BCUT2D eigenvalue weighted by molar-refractivity contribution is -0.161. The molecule has 0 aliphatic rings. The van der Waals surface area contributed by atoms with Crippen LogP contribution in [0.25, 0.3) is 0 Å². The topological polar surface area (TPSA) is 162 Å². The van der Waals surface area contributed by atoms with Crippen LogP contribution >= 0.6 is 0 Å². The molecule has 6 atom stereocenters. The van der Waals surface area contributed by atoms with Gasteiger partial charge in [-0.15, -0.1) is 0 Å². The van der Waals surface area contributed by atoms with E-state index in [-0.39, 0.29) is 0 Å². The highest BCUT2D eigenvalue weighted by atomic mass is 16.4. The minimum absolute atomic E-state index is 0.844. The van der Waals surface area contributed by atoms with Crippen molar-refractivity contribution in [2.45, 2.75) is 36.6 Å². The fourth-order valence-electron chi connectivity index (χ4n) is 1.08. The van der Waals surface area contributed by atoms with Gasteiger partial charge < -0.3 is 40.9 Å². The standard InChI is InChI=1S/C8H18O8/c9-1-3(11)5(13)7(15)8(16)6(14)4(12)2-10/h3-16H,1-2H2/t3-,4?,5+,6?,7+,8+/m0/s1. The second-order valence-corrected chi connectivity index (χ2v) is 3.46. The van der Waals surface area contributed by atoms with Gasteiger partial charge in [0.1, 0.15) is 36.6 Å². The van der Waals surface area contributed by atoms with Gasteiger partial charge in [0.2, 0.25) is 0 Å². The number of hydrogen-bond donors (Lipinski definition) is 8. The van der Waals surface area contributed by atoms with Crippen molar-refractivity contribution in [3.8, 4) is 0 Å². The van der Waals surface area contributed by atoms with Gasteiger partial charge in [-0.25, -0.2) is 0 Å². The summed E-state index contributed by atoms with van der Waals surface area (Å²) in [6, 6.07) is 0. The van der Waals surface area contributed by atoms with Crippen molar-refractivity contribution < 1.29 is 40.9 Å². The van der Waals surface area contributed by atoms with E-state index >= 15 is 0 Å². The molecule has 0 spiro atoms. The predicted octanol–water partition coefficient (Wildman–Crippen LogP) is -4.86. The molecule has 2 unspecified atom stereocenters. The van der Waals surface area contributed by atoms with Crippen molar-refractivity contribution in [2.75, 3.05) is 13.2 Å². The maximum atomic E-state index is 9.28. The SMILES string of the molecule is OCC(O)C(O)[C@@H](O)[C@H](O)[C@H](O)[C@@H](O)CO. The van der Waals surface area contributed by atoms with Crippen molar-refractivity contribution in [3.05, 3.63) is 0 Å². The smallest absolute Gasteiger partial charge is 0.111 e. The van der Waals surface area contributed by atoms with E-state index in [0.29, 0.717) is 0 Å². The van der Waals surface area contributed by atoms with Crippen LogP contribution in [0.3, 0.4) is 0 Å². The Balaban J connectivity index is 4.41. The molecule has 0 amide bonds. The van der Waals surface area contributed by atoms with Crippen LogP contribution in [0, 0.1) is 0 Å². The van der Waals surface area contributed by atoms with Gasteiger partial charge in [-0.1, -0.05) is 0 Å². The summed E-state index contributed by atoms with van der Waals surface area (Å²) in [7, 11) is 0. The Kier molecular flexibility index (Phi) is 6.95.